The number of rotatable bonds is 5. The summed E-state index contributed by atoms with van der Waals surface area (Å²) in [5.41, 5.74) is 0. The van der Waals surface area contributed by atoms with Crippen LogP contribution in [0.2, 0.25) is 0 Å². The first-order valence-corrected chi connectivity index (χ1v) is 8.51. The maximum absolute atomic E-state index is 12.0. The second-order valence-corrected chi connectivity index (χ2v) is 7.71. The molecule has 3 nitrogen and oxygen atoms in total. The molecule has 6 heteroatoms. The van der Waals surface area contributed by atoms with Gasteiger partial charge in [0.05, 0.1) is 4.90 Å². The average molecular weight is 383 g/mol. The summed E-state index contributed by atoms with van der Waals surface area (Å²) in [7, 11) is -3.39. The Labute approximate surface area is 118 Å². The maximum atomic E-state index is 12.0. The lowest BCUT2D eigenvalue weighted by Gasteiger charge is -2.08. The van der Waals surface area contributed by atoms with Crippen molar-refractivity contribution in [3.8, 4) is 0 Å². The number of halogens is 2. The van der Waals surface area contributed by atoms with E-state index in [4.69, 9.17) is 0 Å². The summed E-state index contributed by atoms with van der Waals surface area (Å²) >= 11 is 6.56. The zero-order valence-corrected chi connectivity index (χ0v) is 13.1. The fraction of sp³-hybridized carbons (Fsp3) is 0.455. The SMILES string of the molecule is O=S(=O)(NCCC1CC1)c1ccc(Br)cc1Br. The lowest BCUT2D eigenvalue weighted by molar-refractivity contribution is 0.575. The van der Waals surface area contributed by atoms with E-state index in [0.717, 1.165) is 16.8 Å². The van der Waals surface area contributed by atoms with E-state index in [-0.39, 0.29) is 4.90 Å². The van der Waals surface area contributed by atoms with Gasteiger partial charge in [-0.2, -0.15) is 0 Å². The zero-order valence-electron chi connectivity index (χ0n) is 9.12. The summed E-state index contributed by atoms with van der Waals surface area (Å²) < 4.78 is 28.1. The van der Waals surface area contributed by atoms with Crippen LogP contribution in [0.3, 0.4) is 0 Å². The van der Waals surface area contributed by atoms with Gasteiger partial charge in [0.15, 0.2) is 0 Å². The van der Waals surface area contributed by atoms with Crippen molar-refractivity contribution in [2.45, 2.75) is 24.2 Å². The normalized spacial score (nSPS) is 16.1. The van der Waals surface area contributed by atoms with Gasteiger partial charge in [-0.05, 0) is 46.5 Å². The molecule has 94 valence electrons. The third-order valence-corrected chi connectivity index (χ3v) is 5.66. The second-order valence-electron chi connectivity index (χ2n) is 4.20. The Morgan fingerprint density at radius 1 is 1.29 bits per heavy atom. The smallest absolute Gasteiger partial charge is 0.211 e. The van der Waals surface area contributed by atoms with Crippen molar-refractivity contribution in [3.05, 3.63) is 27.1 Å². The molecular formula is C11H13Br2NO2S. The van der Waals surface area contributed by atoms with Crippen LogP contribution in [0.25, 0.3) is 0 Å². The first-order chi connectivity index (χ1) is 7.99. The average Bonchev–Trinajstić information content (AvgIpc) is 3.00. The van der Waals surface area contributed by atoms with Crippen LogP contribution in [0.1, 0.15) is 19.3 Å². The molecule has 1 fully saturated rings. The fourth-order valence-corrected chi connectivity index (χ4v) is 4.37. The largest absolute Gasteiger partial charge is 0.241 e. The molecule has 0 amide bonds. The minimum absolute atomic E-state index is 0.288. The zero-order chi connectivity index (χ0) is 12.5. The van der Waals surface area contributed by atoms with Crippen LogP contribution < -0.4 is 4.72 Å². The molecule has 0 bridgehead atoms. The predicted molar refractivity (Wildman–Crippen MR) is 74.4 cm³/mol. The Bertz CT molecular complexity index is 512. The molecule has 1 N–H and O–H groups in total. The van der Waals surface area contributed by atoms with Crippen LogP contribution >= 0.6 is 31.9 Å². The van der Waals surface area contributed by atoms with E-state index in [9.17, 15) is 8.42 Å². The summed E-state index contributed by atoms with van der Waals surface area (Å²) in [6, 6.07) is 5.04. The number of nitrogens with one attached hydrogen (secondary N) is 1. The highest BCUT2D eigenvalue weighted by Gasteiger charge is 2.22. The van der Waals surface area contributed by atoms with Gasteiger partial charge in [0.1, 0.15) is 0 Å². The molecule has 1 aliphatic carbocycles. The quantitative estimate of drug-likeness (QED) is 0.849. The summed E-state index contributed by atoms with van der Waals surface area (Å²) in [6.07, 6.45) is 3.42. The highest BCUT2D eigenvalue weighted by atomic mass is 79.9. The van der Waals surface area contributed by atoms with Gasteiger partial charge >= 0.3 is 0 Å². The molecule has 0 heterocycles. The van der Waals surface area contributed by atoms with Crippen LogP contribution in [0.15, 0.2) is 32.0 Å². The van der Waals surface area contributed by atoms with Crippen molar-refractivity contribution < 1.29 is 8.42 Å². The number of sulfonamides is 1. The Hall–Kier alpha value is 0.0900. The molecule has 2 rings (SSSR count). The van der Waals surface area contributed by atoms with Crippen molar-refractivity contribution in [1.82, 2.24) is 4.72 Å². The molecule has 0 aromatic heterocycles. The first kappa shape index (κ1) is 13.5. The highest BCUT2D eigenvalue weighted by Crippen LogP contribution is 2.32. The Morgan fingerprint density at radius 3 is 2.59 bits per heavy atom. The van der Waals surface area contributed by atoms with E-state index < -0.39 is 10.0 Å². The van der Waals surface area contributed by atoms with E-state index >= 15 is 0 Å². The van der Waals surface area contributed by atoms with Crippen LogP contribution in [-0.4, -0.2) is 15.0 Å². The van der Waals surface area contributed by atoms with Crippen LogP contribution in [0.5, 0.6) is 0 Å². The van der Waals surface area contributed by atoms with Crippen LogP contribution in [0, 0.1) is 5.92 Å². The fourth-order valence-electron chi connectivity index (χ4n) is 1.57. The highest BCUT2D eigenvalue weighted by molar-refractivity contribution is 9.11. The molecule has 0 radical (unpaired) electrons. The number of benzene rings is 1. The van der Waals surface area contributed by atoms with Gasteiger partial charge in [-0.15, -0.1) is 0 Å². The van der Waals surface area contributed by atoms with Gasteiger partial charge in [-0.3, -0.25) is 0 Å². The summed E-state index contributed by atoms with van der Waals surface area (Å²) in [4.78, 5) is 0.288. The molecule has 1 aliphatic rings. The summed E-state index contributed by atoms with van der Waals surface area (Å²) in [6.45, 7) is 0.523. The number of hydrogen-bond donors (Lipinski definition) is 1. The van der Waals surface area contributed by atoms with Gasteiger partial charge in [0.2, 0.25) is 10.0 Å². The molecule has 0 saturated heterocycles. The van der Waals surface area contributed by atoms with E-state index in [0.29, 0.717) is 11.0 Å². The lowest BCUT2D eigenvalue weighted by Crippen LogP contribution is -2.25. The molecule has 1 saturated carbocycles. The van der Waals surface area contributed by atoms with Gasteiger partial charge < -0.3 is 0 Å². The molecule has 0 unspecified atom stereocenters. The molecule has 1 aromatic rings. The molecule has 1 aromatic carbocycles. The molecular weight excluding hydrogens is 370 g/mol. The Kier molecular flexibility index (Phi) is 4.28. The lowest BCUT2D eigenvalue weighted by atomic mass is 10.3. The van der Waals surface area contributed by atoms with E-state index in [1.807, 2.05) is 0 Å². The minimum atomic E-state index is -3.39. The van der Waals surface area contributed by atoms with Crippen molar-refractivity contribution >= 4 is 41.9 Å². The van der Waals surface area contributed by atoms with Crippen molar-refractivity contribution in [2.75, 3.05) is 6.54 Å². The standard InChI is InChI=1S/C11H13Br2NO2S/c12-9-3-4-11(10(13)7-9)17(15,16)14-6-5-8-1-2-8/h3-4,7-8,14H,1-2,5-6H2. The third-order valence-electron chi connectivity index (χ3n) is 2.73. The monoisotopic (exact) mass is 381 g/mol. The molecule has 0 atom stereocenters. The minimum Gasteiger partial charge on any atom is -0.211 e. The van der Waals surface area contributed by atoms with Gasteiger partial charge in [0.25, 0.3) is 0 Å². The molecule has 0 aliphatic heterocycles. The van der Waals surface area contributed by atoms with Gasteiger partial charge in [0, 0.05) is 15.5 Å². The molecule has 0 spiro atoms. The topological polar surface area (TPSA) is 46.2 Å². The Balaban J connectivity index is 2.07. The Morgan fingerprint density at radius 2 is 2.00 bits per heavy atom. The first-order valence-electron chi connectivity index (χ1n) is 5.44. The van der Waals surface area contributed by atoms with Crippen LogP contribution in [0.4, 0.5) is 0 Å². The van der Waals surface area contributed by atoms with E-state index in [2.05, 4.69) is 36.6 Å². The van der Waals surface area contributed by atoms with Crippen LogP contribution in [-0.2, 0) is 10.0 Å². The third kappa shape index (κ3) is 3.77. The molecule has 17 heavy (non-hydrogen) atoms. The van der Waals surface area contributed by atoms with E-state index in [1.165, 1.54) is 12.8 Å². The van der Waals surface area contributed by atoms with E-state index in [1.54, 1.807) is 18.2 Å². The summed E-state index contributed by atoms with van der Waals surface area (Å²) in [5.74, 6) is 0.728. The number of hydrogen-bond acceptors (Lipinski definition) is 2. The van der Waals surface area contributed by atoms with Crippen molar-refractivity contribution in [3.63, 3.8) is 0 Å². The second kappa shape index (κ2) is 5.38. The van der Waals surface area contributed by atoms with Crippen molar-refractivity contribution in [1.29, 1.82) is 0 Å². The van der Waals surface area contributed by atoms with Gasteiger partial charge in [-0.25, -0.2) is 13.1 Å². The maximum Gasteiger partial charge on any atom is 0.241 e. The summed E-state index contributed by atoms with van der Waals surface area (Å²) in [5, 5.41) is 0. The predicted octanol–water partition coefficient (Wildman–Crippen LogP) is 3.29. The van der Waals surface area contributed by atoms with Crippen molar-refractivity contribution in [2.24, 2.45) is 5.92 Å². The van der Waals surface area contributed by atoms with Gasteiger partial charge in [-0.1, -0.05) is 28.8 Å².